The molecule has 5 aliphatic rings. The standard InChI is InChI=1S/C20H30FN3O6S2/c21-19-16-8-12(14-6-7-23(10-14)31(27,28)15-2-1-3-15)4-5-13(16)9-17(25)20(19)24-11-18(26)22-32(24,29)30/h6,12-13,15-17,19-20,25H,1-5,7-11H2,(H,22,26). The van der Waals surface area contributed by atoms with Gasteiger partial charge in [-0.2, -0.15) is 17.0 Å². The number of amides is 1. The third-order valence-electron chi connectivity index (χ3n) is 8.18. The minimum Gasteiger partial charge on any atom is -0.391 e. The molecule has 0 aromatic heterocycles. The predicted molar refractivity (Wildman–Crippen MR) is 114 cm³/mol. The lowest BCUT2D eigenvalue weighted by molar-refractivity contribution is -0.119. The highest BCUT2D eigenvalue weighted by Gasteiger charge is 2.54. The first kappa shape index (κ1) is 22.7. The molecule has 3 aliphatic carbocycles. The maximum absolute atomic E-state index is 15.7. The fourth-order valence-corrected chi connectivity index (χ4v) is 9.50. The van der Waals surface area contributed by atoms with Crippen LogP contribution in [0.2, 0.25) is 0 Å². The smallest absolute Gasteiger partial charge is 0.304 e. The number of aliphatic hydroxyl groups excluding tert-OH is 1. The first-order chi connectivity index (χ1) is 15.1. The van der Waals surface area contributed by atoms with Crippen LogP contribution in [0.4, 0.5) is 4.39 Å². The van der Waals surface area contributed by atoms with Gasteiger partial charge in [0.05, 0.1) is 23.9 Å². The molecular formula is C20H30FN3O6S2. The van der Waals surface area contributed by atoms with Gasteiger partial charge in [0, 0.05) is 13.1 Å². The molecule has 1 saturated heterocycles. The number of aliphatic hydroxyl groups is 1. The number of hydrogen-bond acceptors (Lipinski definition) is 6. The lowest BCUT2D eigenvalue weighted by Crippen LogP contribution is -2.58. The van der Waals surface area contributed by atoms with E-state index in [1.807, 2.05) is 10.8 Å². The number of fused-ring (bicyclic) bond motifs is 1. The summed E-state index contributed by atoms with van der Waals surface area (Å²) in [6, 6.07) is -1.29. The summed E-state index contributed by atoms with van der Waals surface area (Å²) in [4.78, 5) is 11.6. The van der Waals surface area contributed by atoms with Gasteiger partial charge in [-0.3, -0.25) is 4.79 Å². The normalized spacial score (nSPS) is 41.1. The zero-order valence-electron chi connectivity index (χ0n) is 17.8. The minimum atomic E-state index is -4.15. The minimum absolute atomic E-state index is 0.0434. The number of rotatable bonds is 4. The molecule has 32 heavy (non-hydrogen) atoms. The van der Waals surface area contributed by atoms with E-state index in [0.717, 1.165) is 22.7 Å². The van der Waals surface area contributed by atoms with Crippen LogP contribution in [-0.4, -0.2) is 79.7 Å². The SMILES string of the molecule is O=C1CN(C2C(O)CC3CCC(C4=CCN(S(=O)(=O)C5CCC5)C4)CC3C2F)S(=O)(=O)N1. The molecule has 2 aliphatic heterocycles. The van der Waals surface area contributed by atoms with Gasteiger partial charge in [-0.15, -0.1) is 0 Å². The number of nitrogens with zero attached hydrogens (tertiary/aromatic N) is 2. The number of carbonyl (C=O) groups is 1. The third kappa shape index (κ3) is 3.71. The second-order valence-corrected chi connectivity index (χ2v) is 13.8. The Balaban J connectivity index is 1.29. The molecule has 12 heteroatoms. The average Bonchev–Trinajstić information content (AvgIpc) is 3.25. The topological polar surface area (TPSA) is 124 Å². The van der Waals surface area contributed by atoms with E-state index in [0.29, 0.717) is 45.2 Å². The van der Waals surface area contributed by atoms with Gasteiger partial charge >= 0.3 is 10.2 Å². The van der Waals surface area contributed by atoms with Crippen LogP contribution in [0.5, 0.6) is 0 Å². The summed E-state index contributed by atoms with van der Waals surface area (Å²) >= 11 is 0. The summed E-state index contributed by atoms with van der Waals surface area (Å²) in [6.45, 7) is 0.228. The second kappa shape index (κ2) is 8.00. The van der Waals surface area contributed by atoms with Crippen LogP contribution in [0.25, 0.3) is 0 Å². The van der Waals surface area contributed by atoms with Crippen LogP contribution in [0.15, 0.2) is 11.6 Å². The van der Waals surface area contributed by atoms with Crippen molar-refractivity contribution in [1.29, 1.82) is 0 Å². The number of sulfonamides is 1. The van der Waals surface area contributed by atoms with Crippen LogP contribution < -0.4 is 4.72 Å². The van der Waals surface area contributed by atoms with Gasteiger partial charge in [0.1, 0.15) is 6.17 Å². The number of halogens is 1. The Kier molecular flexibility index (Phi) is 5.68. The van der Waals surface area contributed by atoms with Crippen molar-refractivity contribution < 1.29 is 31.1 Å². The molecule has 5 rings (SSSR count). The lowest BCUT2D eigenvalue weighted by Gasteiger charge is -2.48. The maximum Gasteiger partial charge on any atom is 0.304 e. The molecule has 6 unspecified atom stereocenters. The number of nitrogens with one attached hydrogen (secondary N) is 1. The Morgan fingerprint density at radius 1 is 1.12 bits per heavy atom. The van der Waals surface area contributed by atoms with E-state index in [1.54, 1.807) is 0 Å². The fourth-order valence-electron chi connectivity index (χ4n) is 6.20. The summed E-state index contributed by atoms with van der Waals surface area (Å²) in [7, 11) is -7.44. The summed E-state index contributed by atoms with van der Waals surface area (Å²) in [5.41, 5.74) is 1.02. The van der Waals surface area contributed by atoms with Gasteiger partial charge in [0.15, 0.2) is 0 Å². The number of hydrogen-bond donors (Lipinski definition) is 2. The van der Waals surface area contributed by atoms with Crippen molar-refractivity contribution in [2.45, 2.75) is 68.5 Å². The van der Waals surface area contributed by atoms with Gasteiger partial charge in [-0.25, -0.2) is 17.5 Å². The molecule has 0 bridgehead atoms. The average molecular weight is 492 g/mol. The van der Waals surface area contributed by atoms with Crippen LogP contribution in [-0.2, 0) is 25.0 Å². The van der Waals surface area contributed by atoms with Crippen molar-refractivity contribution in [3.05, 3.63) is 11.6 Å². The molecule has 9 nitrogen and oxygen atoms in total. The van der Waals surface area contributed by atoms with E-state index in [9.17, 15) is 26.7 Å². The van der Waals surface area contributed by atoms with Crippen LogP contribution in [0, 0.1) is 17.8 Å². The van der Waals surface area contributed by atoms with Crippen molar-refractivity contribution in [3.8, 4) is 0 Å². The highest BCUT2D eigenvalue weighted by atomic mass is 32.2. The van der Waals surface area contributed by atoms with Crippen molar-refractivity contribution >= 4 is 26.1 Å². The number of carbonyl (C=O) groups excluding carboxylic acids is 1. The Hall–Kier alpha value is -1.08. The van der Waals surface area contributed by atoms with Gasteiger partial charge in [-0.05, 0) is 56.3 Å². The Morgan fingerprint density at radius 2 is 1.88 bits per heavy atom. The number of alkyl halides is 1. The summed E-state index contributed by atoms with van der Waals surface area (Å²) in [5, 5.41) is 10.3. The third-order valence-corrected chi connectivity index (χ3v) is 12.0. The molecule has 1 amide bonds. The largest absolute Gasteiger partial charge is 0.391 e. The molecule has 0 aromatic rings. The van der Waals surface area contributed by atoms with E-state index in [-0.39, 0.29) is 17.1 Å². The van der Waals surface area contributed by atoms with E-state index in [1.165, 1.54) is 4.31 Å². The molecule has 3 saturated carbocycles. The fraction of sp³-hybridized carbons (Fsp3) is 0.850. The maximum atomic E-state index is 15.7. The lowest BCUT2D eigenvalue weighted by atomic mass is 9.63. The monoisotopic (exact) mass is 491 g/mol. The first-order valence-electron chi connectivity index (χ1n) is 11.4. The van der Waals surface area contributed by atoms with Gasteiger partial charge in [0.2, 0.25) is 15.9 Å². The van der Waals surface area contributed by atoms with Crippen molar-refractivity contribution in [1.82, 2.24) is 13.3 Å². The predicted octanol–water partition coefficient (Wildman–Crippen LogP) is 0.291. The Morgan fingerprint density at radius 3 is 2.50 bits per heavy atom. The van der Waals surface area contributed by atoms with Gasteiger partial charge < -0.3 is 5.11 Å². The molecule has 180 valence electrons. The Bertz CT molecular complexity index is 1030. The Labute approximate surface area is 188 Å². The first-order valence-corrected chi connectivity index (χ1v) is 14.3. The highest BCUT2D eigenvalue weighted by Crippen LogP contribution is 2.48. The van der Waals surface area contributed by atoms with E-state index in [4.69, 9.17) is 0 Å². The van der Waals surface area contributed by atoms with Crippen LogP contribution in [0.1, 0.15) is 44.9 Å². The second-order valence-electron chi connectivity index (χ2n) is 9.92. The van der Waals surface area contributed by atoms with Crippen LogP contribution >= 0.6 is 0 Å². The molecule has 0 radical (unpaired) electrons. The summed E-state index contributed by atoms with van der Waals surface area (Å²) in [5.74, 6) is -1.18. The quantitative estimate of drug-likeness (QED) is 0.545. The molecular weight excluding hydrogens is 461 g/mol. The molecule has 6 atom stereocenters. The van der Waals surface area contributed by atoms with E-state index >= 15 is 4.39 Å². The summed E-state index contributed by atoms with van der Waals surface area (Å²) < 4.78 is 69.9. The van der Waals surface area contributed by atoms with Gasteiger partial charge in [0.25, 0.3) is 0 Å². The highest BCUT2D eigenvalue weighted by molar-refractivity contribution is 7.89. The van der Waals surface area contributed by atoms with E-state index < -0.39 is 56.9 Å². The van der Waals surface area contributed by atoms with Crippen molar-refractivity contribution in [3.63, 3.8) is 0 Å². The molecule has 4 fully saturated rings. The van der Waals surface area contributed by atoms with Crippen LogP contribution in [0.3, 0.4) is 0 Å². The molecule has 0 aromatic carbocycles. The summed E-state index contributed by atoms with van der Waals surface area (Å²) in [6.07, 6.45) is 3.87. The van der Waals surface area contributed by atoms with Gasteiger partial charge in [-0.1, -0.05) is 18.1 Å². The zero-order valence-corrected chi connectivity index (χ0v) is 19.4. The molecule has 2 N–H and O–H groups in total. The van der Waals surface area contributed by atoms with E-state index in [2.05, 4.69) is 0 Å². The zero-order chi connectivity index (χ0) is 22.8. The molecule has 0 spiro atoms. The molecule has 2 heterocycles. The van der Waals surface area contributed by atoms with Crippen molar-refractivity contribution in [2.75, 3.05) is 19.6 Å². The van der Waals surface area contributed by atoms with Crippen molar-refractivity contribution in [2.24, 2.45) is 17.8 Å².